The highest BCUT2D eigenvalue weighted by atomic mass is 32.2. The molecule has 0 saturated carbocycles. The highest BCUT2D eigenvalue weighted by molar-refractivity contribution is 7.98. The van der Waals surface area contributed by atoms with Crippen LogP contribution < -0.4 is 10.5 Å². The molecule has 0 spiro atoms. The van der Waals surface area contributed by atoms with Gasteiger partial charge in [-0.15, -0.1) is 11.8 Å². The van der Waals surface area contributed by atoms with Gasteiger partial charge in [0, 0.05) is 50.5 Å². The van der Waals surface area contributed by atoms with Crippen molar-refractivity contribution in [1.29, 1.82) is 0 Å². The first kappa shape index (κ1) is 26.7. The Bertz CT molecular complexity index is 1200. The van der Waals surface area contributed by atoms with E-state index in [4.69, 9.17) is 14.2 Å². The van der Waals surface area contributed by atoms with E-state index < -0.39 is 0 Å². The molecule has 194 valence electrons. The predicted octanol–water partition coefficient (Wildman–Crippen LogP) is 4.24. The molecule has 0 amide bonds. The molecule has 2 saturated heterocycles. The van der Waals surface area contributed by atoms with Gasteiger partial charge in [-0.3, -0.25) is 9.36 Å². The van der Waals surface area contributed by atoms with E-state index in [1.807, 2.05) is 18.2 Å². The van der Waals surface area contributed by atoms with Crippen molar-refractivity contribution in [2.24, 2.45) is 0 Å². The number of nitrogens with zero attached hydrogens (tertiary/aromatic N) is 3. The van der Waals surface area contributed by atoms with Gasteiger partial charge in [0.1, 0.15) is 0 Å². The van der Waals surface area contributed by atoms with Crippen LogP contribution in [0, 0.1) is 13.8 Å². The molecule has 0 bridgehead atoms. The summed E-state index contributed by atoms with van der Waals surface area (Å²) >= 11 is 1.76. The van der Waals surface area contributed by atoms with Gasteiger partial charge in [-0.05, 0) is 80.0 Å². The molecule has 2 aliphatic heterocycles. The Morgan fingerprint density at radius 1 is 1.14 bits per heavy atom. The van der Waals surface area contributed by atoms with Crippen molar-refractivity contribution in [3.05, 3.63) is 63.7 Å². The highest BCUT2D eigenvalue weighted by Gasteiger charge is 2.21. The predicted molar refractivity (Wildman–Crippen MR) is 147 cm³/mol. The third kappa shape index (κ3) is 6.48. The number of rotatable bonds is 7. The van der Waals surface area contributed by atoms with E-state index in [9.17, 15) is 4.79 Å². The first-order valence-electron chi connectivity index (χ1n) is 12.6. The largest absolute Gasteiger partial charge is 0.382 e. The number of morpholine rings is 1. The van der Waals surface area contributed by atoms with Crippen molar-refractivity contribution >= 4 is 28.4 Å². The van der Waals surface area contributed by atoms with Crippen LogP contribution in [0.2, 0.25) is 0 Å². The number of fused-ring (bicyclic) bond motifs is 1. The molecule has 3 heterocycles. The second-order valence-electron chi connectivity index (χ2n) is 9.29. The van der Waals surface area contributed by atoms with E-state index in [2.05, 4.69) is 42.1 Å². The SMILES string of the molecule is C1COC1.COCC1CN(c2ccc3c(=O)n(CCc4c(C)cc(SC)cc4C)cnc3c2)CCO1. The van der Waals surface area contributed by atoms with Crippen LogP contribution in [0.15, 0.2) is 46.3 Å². The number of aromatic nitrogens is 2. The maximum absolute atomic E-state index is 13.1. The molecule has 5 rings (SSSR count). The maximum atomic E-state index is 13.1. The summed E-state index contributed by atoms with van der Waals surface area (Å²) in [5.74, 6) is 0. The molecule has 1 unspecified atom stereocenters. The number of thioether (sulfide) groups is 1. The van der Waals surface area contributed by atoms with Crippen LogP contribution in [0.5, 0.6) is 0 Å². The molecule has 8 heteroatoms. The molecule has 36 heavy (non-hydrogen) atoms. The Balaban J connectivity index is 0.000000692. The van der Waals surface area contributed by atoms with Gasteiger partial charge in [-0.25, -0.2) is 4.98 Å². The number of methoxy groups -OCH3 is 1. The van der Waals surface area contributed by atoms with Gasteiger partial charge in [0.05, 0.1) is 36.5 Å². The molecule has 0 radical (unpaired) electrons. The molecule has 7 nitrogen and oxygen atoms in total. The van der Waals surface area contributed by atoms with Crippen LogP contribution in [-0.2, 0) is 27.2 Å². The number of hydrogen-bond acceptors (Lipinski definition) is 7. The van der Waals surface area contributed by atoms with Gasteiger partial charge in [0.25, 0.3) is 5.56 Å². The van der Waals surface area contributed by atoms with Crippen molar-refractivity contribution in [1.82, 2.24) is 9.55 Å². The highest BCUT2D eigenvalue weighted by Crippen LogP contribution is 2.24. The Labute approximate surface area is 217 Å². The van der Waals surface area contributed by atoms with Crippen molar-refractivity contribution in [3.8, 4) is 0 Å². The lowest BCUT2D eigenvalue weighted by atomic mass is 10.00. The Morgan fingerprint density at radius 2 is 1.86 bits per heavy atom. The zero-order valence-electron chi connectivity index (χ0n) is 21.8. The fourth-order valence-corrected chi connectivity index (χ4v) is 5.18. The fourth-order valence-electron chi connectivity index (χ4n) is 4.59. The number of anilines is 1. The average molecular weight is 512 g/mol. The summed E-state index contributed by atoms with van der Waals surface area (Å²) in [4.78, 5) is 21.3. The second-order valence-corrected chi connectivity index (χ2v) is 10.2. The Hall–Kier alpha value is -2.39. The van der Waals surface area contributed by atoms with E-state index in [0.717, 1.165) is 43.9 Å². The van der Waals surface area contributed by atoms with Crippen LogP contribution in [0.4, 0.5) is 5.69 Å². The first-order valence-corrected chi connectivity index (χ1v) is 13.8. The lowest BCUT2D eigenvalue weighted by molar-refractivity contribution is -0.0100. The number of aryl methyl sites for hydroxylation is 3. The third-order valence-corrected chi connectivity index (χ3v) is 7.46. The number of benzene rings is 2. The number of hydrogen-bond donors (Lipinski definition) is 0. The second kappa shape index (κ2) is 12.7. The topological polar surface area (TPSA) is 65.8 Å². The van der Waals surface area contributed by atoms with Gasteiger partial charge >= 0.3 is 0 Å². The van der Waals surface area contributed by atoms with E-state index in [-0.39, 0.29) is 11.7 Å². The lowest BCUT2D eigenvalue weighted by Gasteiger charge is -2.34. The van der Waals surface area contributed by atoms with E-state index >= 15 is 0 Å². The van der Waals surface area contributed by atoms with Gasteiger partial charge in [-0.1, -0.05) is 0 Å². The van der Waals surface area contributed by atoms with Crippen molar-refractivity contribution in [2.45, 2.75) is 44.2 Å². The van der Waals surface area contributed by atoms with Gasteiger partial charge in [-0.2, -0.15) is 0 Å². The zero-order chi connectivity index (χ0) is 25.5. The standard InChI is InChI=1S/C25H31N3O3S.C3H6O/c1-17-11-21(32-4)12-18(2)22(17)7-8-28-16-26-24-13-19(5-6-23(24)25(28)29)27-9-10-31-20(14-27)15-30-3;1-2-4-3-1/h5-6,11-13,16,20H,7-10,14-15H2,1-4H3;1-3H2. The molecule has 0 aliphatic carbocycles. The summed E-state index contributed by atoms with van der Waals surface area (Å²) in [5.41, 5.74) is 5.66. The fraction of sp³-hybridized carbons (Fsp3) is 0.500. The van der Waals surface area contributed by atoms with E-state index in [0.29, 0.717) is 25.1 Å². The monoisotopic (exact) mass is 511 g/mol. The quantitative estimate of drug-likeness (QED) is 0.440. The Kier molecular flexibility index (Phi) is 9.42. The molecular weight excluding hydrogens is 474 g/mol. The summed E-state index contributed by atoms with van der Waals surface area (Å²) in [7, 11) is 1.69. The van der Waals surface area contributed by atoms with Crippen LogP contribution in [-0.4, -0.2) is 68.5 Å². The molecule has 1 aromatic heterocycles. The number of ether oxygens (including phenoxy) is 3. The first-order chi connectivity index (χ1) is 17.5. The molecule has 2 fully saturated rings. The minimum absolute atomic E-state index is 0.0110. The molecular formula is C28H37N3O4S. The van der Waals surface area contributed by atoms with Crippen LogP contribution >= 0.6 is 11.8 Å². The van der Waals surface area contributed by atoms with Gasteiger partial charge in [0.15, 0.2) is 0 Å². The summed E-state index contributed by atoms with van der Waals surface area (Å²) in [6, 6.07) is 10.4. The minimum atomic E-state index is 0.0110. The van der Waals surface area contributed by atoms with E-state index in [1.54, 1.807) is 29.8 Å². The molecule has 2 aliphatic rings. The zero-order valence-corrected chi connectivity index (χ0v) is 22.6. The smallest absolute Gasteiger partial charge is 0.261 e. The van der Waals surface area contributed by atoms with Crippen molar-refractivity contribution < 1.29 is 14.2 Å². The minimum Gasteiger partial charge on any atom is -0.382 e. The maximum Gasteiger partial charge on any atom is 0.261 e. The Morgan fingerprint density at radius 3 is 2.50 bits per heavy atom. The van der Waals surface area contributed by atoms with Crippen LogP contribution in [0.3, 0.4) is 0 Å². The normalized spacial score (nSPS) is 17.4. The molecule has 1 atom stereocenters. The third-order valence-electron chi connectivity index (χ3n) is 6.75. The summed E-state index contributed by atoms with van der Waals surface area (Å²) in [6.07, 6.45) is 5.92. The lowest BCUT2D eigenvalue weighted by Crippen LogP contribution is -2.44. The molecule has 3 aromatic rings. The van der Waals surface area contributed by atoms with E-state index in [1.165, 1.54) is 28.0 Å². The summed E-state index contributed by atoms with van der Waals surface area (Å²) in [6.45, 7) is 9.73. The summed E-state index contributed by atoms with van der Waals surface area (Å²) < 4.78 is 17.4. The summed E-state index contributed by atoms with van der Waals surface area (Å²) in [5, 5.41) is 0.657. The van der Waals surface area contributed by atoms with Crippen LogP contribution in [0.1, 0.15) is 23.1 Å². The average Bonchev–Trinajstić information content (AvgIpc) is 2.84. The van der Waals surface area contributed by atoms with Crippen molar-refractivity contribution in [2.75, 3.05) is 57.8 Å². The molecule has 0 N–H and O–H groups in total. The van der Waals surface area contributed by atoms with Crippen LogP contribution in [0.25, 0.3) is 10.9 Å². The van der Waals surface area contributed by atoms with Gasteiger partial charge < -0.3 is 19.1 Å². The van der Waals surface area contributed by atoms with Gasteiger partial charge in [0.2, 0.25) is 0 Å². The molecule has 2 aromatic carbocycles. The van der Waals surface area contributed by atoms with Crippen molar-refractivity contribution in [3.63, 3.8) is 0 Å².